The fraction of sp³-hybridized carbons (Fsp3) is 0.167. The first-order valence-corrected chi connectivity index (χ1v) is 10.7. The molecule has 3 nitrogen and oxygen atoms in total. The van der Waals surface area contributed by atoms with Crippen molar-refractivity contribution < 1.29 is 0 Å². The highest BCUT2D eigenvalue weighted by Crippen LogP contribution is 2.22. The predicted molar refractivity (Wildman–Crippen MR) is 121 cm³/mol. The number of rotatable bonds is 5. The Morgan fingerprint density at radius 1 is 0.750 bits per heavy atom. The first kappa shape index (κ1) is 18.5. The molecule has 3 aromatic rings. The molecule has 0 radical (unpaired) electrons. The van der Waals surface area contributed by atoms with E-state index in [9.17, 15) is 0 Å². The number of benzene rings is 3. The zero-order valence-corrected chi connectivity index (χ0v) is 16.6. The summed E-state index contributed by atoms with van der Waals surface area (Å²) in [6.45, 7) is 1.03. The van der Waals surface area contributed by atoms with Crippen LogP contribution in [0.1, 0.15) is 12.0 Å². The maximum absolute atomic E-state index is 5.00. The summed E-state index contributed by atoms with van der Waals surface area (Å²) in [5.74, 6) is 3.21. The lowest BCUT2D eigenvalue weighted by Gasteiger charge is -2.20. The Hall–Kier alpha value is -2.85. The Balaban J connectivity index is 1.72. The normalized spacial score (nSPS) is 15.1. The summed E-state index contributed by atoms with van der Waals surface area (Å²) in [5.41, 5.74) is 4.13. The van der Waals surface area contributed by atoms with Gasteiger partial charge in [-0.25, -0.2) is 4.99 Å². The second-order valence-electron chi connectivity index (χ2n) is 6.60. The summed E-state index contributed by atoms with van der Waals surface area (Å²) in [6, 6.07) is 30.8. The van der Waals surface area contributed by atoms with Crippen LogP contribution in [-0.4, -0.2) is 34.6 Å². The zero-order chi connectivity index (χ0) is 19.0. The van der Waals surface area contributed by atoms with E-state index in [2.05, 4.69) is 41.3 Å². The van der Waals surface area contributed by atoms with Gasteiger partial charge in [0.05, 0.1) is 23.0 Å². The molecule has 1 aliphatic rings. The summed E-state index contributed by atoms with van der Waals surface area (Å²) < 4.78 is 0. The van der Waals surface area contributed by atoms with E-state index in [-0.39, 0.29) is 0 Å². The predicted octanol–water partition coefficient (Wildman–Crippen LogP) is 5.93. The zero-order valence-electron chi connectivity index (χ0n) is 15.7. The second kappa shape index (κ2) is 9.38. The lowest BCUT2D eigenvalue weighted by Crippen LogP contribution is -2.30. The van der Waals surface area contributed by atoms with Crippen molar-refractivity contribution >= 4 is 34.7 Å². The Morgan fingerprint density at radius 3 is 1.89 bits per heavy atom. The largest absolute Gasteiger partial charge is 0.350 e. The molecule has 1 aliphatic heterocycles. The molecule has 3 aromatic carbocycles. The third kappa shape index (κ3) is 4.90. The van der Waals surface area contributed by atoms with Crippen molar-refractivity contribution in [2.45, 2.75) is 6.42 Å². The summed E-state index contributed by atoms with van der Waals surface area (Å²) in [6.07, 6.45) is 0.703. The lowest BCUT2D eigenvalue weighted by atomic mass is 10.1. The van der Waals surface area contributed by atoms with Crippen molar-refractivity contribution in [2.24, 2.45) is 9.98 Å². The third-order valence-electron chi connectivity index (χ3n) is 4.58. The van der Waals surface area contributed by atoms with Gasteiger partial charge in [0, 0.05) is 18.7 Å². The molecule has 1 saturated heterocycles. The van der Waals surface area contributed by atoms with Crippen LogP contribution >= 0.6 is 11.8 Å². The maximum atomic E-state index is 5.00. The molecule has 1 fully saturated rings. The third-order valence-corrected chi connectivity index (χ3v) is 5.55. The highest BCUT2D eigenvalue weighted by atomic mass is 32.2. The fourth-order valence-electron chi connectivity index (χ4n) is 3.14. The van der Waals surface area contributed by atoms with Crippen LogP contribution in [0.3, 0.4) is 0 Å². The van der Waals surface area contributed by atoms with Gasteiger partial charge in [-0.3, -0.25) is 4.99 Å². The van der Waals surface area contributed by atoms with Crippen molar-refractivity contribution in [3.05, 3.63) is 96.6 Å². The molecule has 1 heterocycles. The van der Waals surface area contributed by atoms with Crippen LogP contribution in [0, 0.1) is 0 Å². The van der Waals surface area contributed by atoms with Crippen molar-refractivity contribution in [3.8, 4) is 0 Å². The van der Waals surface area contributed by atoms with E-state index in [1.807, 2.05) is 66.4 Å². The van der Waals surface area contributed by atoms with Crippen LogP contribution in [0.25, 0.3) is 0 Å². The number of aliphatic imine (C=N–C) groups is 2. The SMILES string of the molecule is c1ccc(N=C(CC(=Nc2ccccc2)N2CCSC2)c2ccccc2)cc1. The van der Waals surface area contributed by atoms with Crippen LogP contribution in [0.5, 0.6) is 0 Å². The Morgan fingerprint density at radius 2 is 1.32 bits per heavy atom. The standard InChI is InChI=1S/C24H23N3S/c1-4-10-20(11-5-1)23(25-21-12-6-2-7-13-21)18-24(27-16-17-28-19-27)26-22-14-8-3-9-15-22/h1-15H,16-19H2. The Bertz CT molecular complexity index is 931. The molecule has 4 rings (SSSR count). The van der Waals surface area contributed by atoms with Crippen molar-refractivity contribution in [1.29, 1.82) is 0 Å². The molecule has 0 aliphatic carbocycles. The average molecular weight is 386 g/mol. The van der Waals surface area contributed by atoms with E-state index in [0.29, 0.717) is 6.42 Å². The van der Waals surface area contributed by atoms with Crippen molar-refractivity contribution in [1.82, 2.24) is 4.90 Å². The van der Waals surface area contributed by atoms with Crippen LogP contribution in [-0.2, 0) is 0 Å². The number of amidine groups is 1. The lowest BCUT2D eigenvalue weighted by molar-refractivity contribution is 0.536. The Labute approximate surface area is 170 Å². The molecule has 0 aromatic heterocycles. The molecule has 28 heavy (non-hydrogen) atoms. The van der Waals surface area contributed by atoms with Crippen LogP contribution < -0.4 is 0 Å². The smallest absolute Gasteiger partial charge is 0.112 e. The minimum atomic E-state index is 0.703. The first-order valence-electron chi connectivity index (χ1n) is 9.52. The van der Waals surface area contributed by atoms with E-state index < -0.39 is 0 Å². The summed E-state index contributed by atoms with van der Waals surface area (Å²) in [7, 11) is 0. The molecule has 140 valence electrons. The van der Waals surface area contributed by atoms with E-state index in [1.54, 1.807) is 0 Å². The average Bonchev–Trinajstić information content (AvgIpc) is 3.30. The minimum Gasteiger partial charge on any atom is -0.350 e. The van der Waals surface area contributed by atoms with E-state index in [0.717, 1.165) is 46.7 Å². The van der Waals surface area contributed by atoms with Gasteiger partial charge in [-0.2, -0.15) is 0 Å². The number of hydrogen-bond acceptors (Lipinski definition) is 3. The highest BCUT2D eigenvalue weighted by Gasteiger charge is 2.19. The summed E-state index contributed by atoms with van der Waals surface area (Å²) in [5, 5.41) is 0. The minimum absolute atomic E-state index is 0.703. The molecular weight excluding hydrogens is 362 g/mol. The maximum Gasteiger partial charge on any atom is 0.112 e. The molecule has 0 bridgehead atoms. The van der Waals surface area contributed by atoms with E-state index in [4.69, 9.17) is 9.98 Å². The molecular formula is C24H23N3S. The molecule has 0 N–H and O–H groups in total. The number of nitrogens with zero attached hydrogens (tertiary/aromatic N) is 3. The van der Waals surface area contributed by atoms with Gasteiger partial charge in [-0.05, 0) is 29.8 Å². The summed E-state index contributed by atoms with van der Waals surface area (Å²) in [4.78, 5) is 12.4. The topological polar surface area (TPSA) is 28.0 Å². The molecule has 0 amide bonds. The van der Waals surface area contributed by atoms with Crippen molar-refractivity contribution in [2.75, 3.05) is 18.2 Å². The van der Waals surface area contributed by atoms with Gasteiger partial charge in [0.1, 0.15) is 5.84 Å². The van der Waals surface area contributed by atoms with Gasteiger partial charge in [0.15, 0.2) is 0 Å². The van der Waals surface area contributed by atoms with Gasteiger partial charge >= 0.3 is 0 Å². The van der Waals surface area contributed by atoms with E-state index >= 15 is 0 Å². The van der Waals surface area contributed by atoms with Gasteiger partial charge < -0.3 is 4.90 Å². The van der Waals surface area contributed by atoms with Crippen LogP contribution in [0.15, 0.2) is 101 Å². The number of hydrogen-bond donors (Lipinski definition) is 0. The second-order valence-corrected chi connectivity index (χ2v) is 7.68. The molecule has 0 spiro atoms. The molecule has 0 unspecified atom stereocenters. The molecule has 4 heteroatoms. The summed E-state index contributed by atoms with van der Waals surface area (Å²) >= 11 is 1.95. The monoisotopic (exact) mass is 385 g/mol. The van der Waals surface area contributed by atoms with Gasteiger partial charge in [-0.15, -0.1) is 11.8 Å². The van der Waals surface area contributed by atoms with Gasteiger partial charge in [0.2, 0.25) is 0 Å². The molecule has 0 saturated carbocycles. The fourth-order valence-corrected chi connectivity index (χ4v) is 4.11. The molecule has 0 atom stereocenters. The van der Waals surface area contributed by atoms with Crippen LogP contribution in [0.2, 0.25) is 0 Å². The van der Waals surface area contributed by atoms with Crippen LogP contribution in [0.4, 0.5) is 11.4 Å². The van der Waals surface area contributed by atoms with Crippen molar-refractivity contribution in [3.63, 3.8) is 0 Å². The Kier molecular flexibility index (Phi) is 6.20. The van der Waals surface area contributed by atoms with Gasteiger partial charge in [-0.1, -0.05) is 66.7 Å². The first-order chi connectivity index (χ1) is 13.9. The highest BCUT2D eigenvalue weighted by molar-refractivity contribution is 7.99. The van der Waals surface area contributed by atoms with Gasteiger partial charge in [0.25, 0.3) is 0 Å². The van der Waals surface area contributed by atoms with E-state index in [1.165, 1.54) is 0 Å². The quantitative estimate of drug-likeness (QED) is 0.402. The number of para-hydroxylation sites is 2. The number of thioether (sulfide) groups is 1.